The first-order chi connectivity index (χ1) is 8.25. The Morgan fingerprint density at radius 3 is 3.18 bits per heavy atom. The maximum Gasteiger partial charge on any atom is 0.238 e. The number of carbonyl (C=O) groups excluding carboxylic acids is 1. The molecule has 1 aliphatic heterocycles. The molecule has 1 fully saturated rings. The predicted molar refractivity (Wildman–Crippen MR) is 62.4 cm³/mol. The third kappa shape index (κ3) is 3.50. The fourth-order valence-electron chi connectivity index (χ4n) is 1.76. The van der Waals surface area contributed by atoms with E-state index in [1.165, 1.54) is 0 Å². The Labute approximate surface area is 100.0 Å². The predicted octanol–water partition coefficient (Wildman–Crippen LogP) is -1.96. The van der Waals surface area contributed by atoms with Gasteiger partial charge in [0, 0.05) is 39.6 Å². The van der Waals surface area contributed by atoms with Crippen molar-refractivity contribution < 1.29 is 4.79 Å². The molecule has 1 amide bonds. The second kappa shape index (κ2) is 5.74. The maximum atomic E-state index is 11.7. The number of hydrogen-bond donors (Lipinski definition) is 3. The average Bonchev–Trinajstić information content (AvgIpc) is 2.76. The lowest BCUT2D eigenvalue weighted by molar-refractivity contribution is -0.123. The number of nitrogens with one attached hydrogen (secondary N) is 3. The van der Waals surface area contributed by atoms with Gasteiger partial charge >= 0.3 is 0 Å². The van der Waals surface area contributed by atoms with Crippen molar-refractivity contribution in [2.45, 2.75) is 12.5 Å². The highest BCUT2D eigenvalue weighted by Crippen LogP contribution is 1.90. The molecule has 0 aromatic carbocycles. The topological polar surface area (TPSA) is 83.9 Å². The van der Waals surface area contributed by atoms with Crippen molar-refractivity contribution in [3.05, 3.63) is 12.2 Å². The van der Waals surface area contributed by atoms with Crippen LogP contribution < -0.4 is 16.0 Å². The smallest absolute Gasteiger partial charge is 0.238 e. The van der Waals surface area contributed by atoms with Crippen LogP contribution in [0.2, 0.25) is 0 Å². The van der Waals surface area contributed by atoms with Crippen molar-refractivity contribution >= 4 is 5.91 Å². The largest absolute Gasteiger partial charge is 0.354 e. The normalized spacial score (nSPS) is 20.2. The molecule has 2 rings (SSSR count). The van der Waals surface area contributed by atoms with Crippen LogP contribution in [0.4, 0.5) is 0 Å². The highest BCUT2D eigenvalue weighted by Gasteiger charge is 2.19. The molecule has 7 nitrogen and oxygen atoms in total. The Kier molecular flexibility index (Phi) is 4.05. The number of amides is 1. The fraction of sp³-hybridized carbons (Fsp3) is 0.700. The van der Waals surface area contributed by atoms with Gasteiger partial charge in [-0.3, -0.25) is 9.48 Å². The van der Waals surface area contributed by atoms with Crippen LogP contribution in [0.3, 0.4) is 0 Å². The Bertz CT molecular complexity index is 371. The van der Waals surface area contributed by atoms with Gasteiger partial charge in [0.2, 0.25) is 5.91 Å². The molecule has 1 aromatic heterocycles. The first kappa shape index (κ1) is 12.0. The van der Waals surface area contributed by atoms with E-state index in [0.717, 1.165) is 18.9 Å². The lowest BCUT2D eigenvalue weighted by Crippen LogP contribution is -2.55. The summed E-state index contributed by atoms with van der Waals surface area (Å²) in [6, 6.07) is -0.125. The minimum atomic E-state index is -0.125. The number of aromatic nitrogens is 3. The number of nitrogens with zero attached hydrogens (tertiary/aromatic N) is 3. The Balaban J connectivity index is 1.69. The van der Waals surface area contributed by atoms with Gasteiger partial charge in [-0.25, -0.2) is 4.98 Å². The minimum Gasteiger partial charge on any atom is -0.354 e. The van der Waals surface area contributed by atoms with Crippen LogP contribution >= 0.6 is 0 Å². The average molecular weight is 238 g/mol. The van der Waals surface area contributed by atoms with Gasteiger partial charge in [-0.2, -0.15) is 5.10 Å². The molecule has 1 aliphatic rings. The van der Waals surface area contributed by atoms with E-state index in [2.05, 4.69) is 26.0 Å². The summed E-state index contributed by atoms with van der Waals surface area (Å²) in [7, 11) is 1.83. The lowest BCUT2D eigenvalue weighted by atomic mass is 10.2. The third-order valence-corrected chi connectivity index (χ3v) is 2.65. The lowest BCUT2D eigenvalue weighted by Gasteiger charge is -2.23. The highest BCUT2D eigenvalue weighted by atomic mass is 16.2. The maximum absolute atomic E-state index is 11.7. The van der Waals surface area contributed by atoms with E-state index < -0.39 is 0 Å². The monoisotopic (exact) mass is 238 g/mol. The molecule has 17 heavy (non-hydrogen) atoms. The molecule has 0 radical (unpaired) electrons. The quantitative estimate of drug-likeness (QED) is 0.567. The molecule has 2 heterocycles. The summed E-state index contributed by atoms with van der Waals surface area (Å²) in [6.45, 7) is 3.01. The van der Waals surface area contributed by atoms with E-state index in [-0.39, 0.29) is 11.9 Å². The van der Waals surface area contributed by atoms with Crippen molar-refractivity contribution in [3.63, 3.8) is 0 Å². The van der Waals surface area contributed by atoms with Crippen LogP contribution in [0.15, 0.2) is 6.33 Å². The standard InChI is InChI=1S/C10H18N6O/c1-16-7-14-9(15-16)2-3-13-10(17)8-6-11-4-5-12-8/h7-8,11-12H,2-6H2,1H3,(H,13,17). The summed E-state index contributed by atoms with van der Waals surface area (Å²) in [6.07, 6.45) is 2.32. The van der Waals surface area contributed by atoms with Crippen molar-refractivity contribution in [2.75, 3.05) is 26.2 Å². The van der Waals surface area contributed by atoms with Gasteiger partial charge in [0.15, 0.2) is 5.82 Å². The minimum absolute atomic E-state index is 0.0353. The first-order valence-corrected chi connectivity index (χ1v) is 5.82. The molecule has 94 valence electrons. The molecule has 1 saturated heterocycles. The molecule has 3 N–H and O–H groups in total. The van der Waals surface area contributed by atoms with Crippen LogP contribution in [0, 0.1) is 0 Å². The van der Waals surface area contributed by atoms with Crippen molar-refractivity contribution in [2.24, 2.45) is 7.05 Å². The molecule has 7 heteroatoms. The second-order valence-corrected chi connectivity index (χ2v) is 4.09. The van der Waals surface area contributed by atoms with E-state index in [0.29, 0.717) is 19.5 Å². The van der Waals surface area contributed by atoms with Crippen LogP contribution in [0.25, 0.3) is 0 Å². The molecule has 0 saturated carbocycles. The fourth-order valence-corrected chi connectivity index (χ4v) is 1.76. The zero-order valence-corrected chi connectivity index (χ0v) is 9.94. The Morgan fingerprint density at radius 2 is 2.53 bits per heavy atom. The number of piperazine rings is 1. The number of carbonyl (C=O) groups is 1. The van der Waals surface area contributed by atoms with E-state index in [9.17, 15) is 4.79 Å². The van der Waals surface area contributed by atoms with Gasteiger partial charge in [0.25, 0.3) is 0 Å². The summed E-state index contributed by atoms with van der Waals surface area (Å²) in [5.74, 6) is 0.788. The molecule has 1 atom stereocenters. The number of aryl methyl sites for hydroxylation is 1. The van der Waals surface area contributed by atoms with Gasteiger partial charge < -0.3 is 16.0 Å². The van der Waals surface area contributed by atoms with Crippen LogP contribution in [-0.2, 0) is 18.3 Å². The molecule has 0 spiro atoms. The Hall–Kier alpha value is -1.47. The van der Waals surface area contributed by atoms with E-state index in [4.69, 9.17) is 0 Å². The third-order valence-electron chi connectivity index (χ3n) is 2.65. The van der Waals surface area contributed by atoms with Gasteiger partial charge in [-0.15, -0.1) is 0 Å². The molecular formula is C10H18N6O. The molecular weight excluding hydrogens is 220 g/mol. The SMILES string of the molecule is Cn1cnc(CCNC(=O)C2CNCCN2)n1. The molecule has 1 aromatic rings. The van der Waals surface area contributed by atoms with Gasteiger partial charge in [-0.1, -0.05) is 0 Å². The second-order valence-electron chi connectivity index (χ2n) is 4.09. The zero-order chi connectivity index (χ0) is 12.1. The zero-order valence-electron chi connectivity index (χ0n) is 9.94. The summed E-state index contributed by atoms with van der Waals surface area (Å²) in [5, 5.41) is 13.4. The summed E-state index contributed by atoms with van der Waals surface area (Å²) < 4.78 is 1.66. The summed E-state index contributed by atoms with van der Waals surface area (Å²) in [5.41, 5.74) is 0. The number of hydrogen-bond acceptors (Lipinski definition) is 5. The van der Waals surface area contributed by atoms with Gasteiger partial charge in [0.05, 0.1) is 6.04 Å². The molecule has 1 unspecified atom stereocenters. The van der Waals surface area contributed by atoms with Crippen LogP contribution in [0.5, 0.6) is 0 Å². The van der Waals surface area contributed by atoms with E-state index in [1.54, 1.807) is 11.0 Å². The summed E-state index contributed by atoms with van der Waals surface area (Å²) in [4.78, 5) is 15.8. The molecule has 0 bridgehead atoms. The number of rotatable bonds is 4. The Morgan fingerprint density at radius 1 is 1.65 bits per heavy atom. The van der Waals surface area contributed by atoms with Crippen molar-refractivity contribution in [3.8, 4) is 0 Å². The van der Waals surface area contributed by atoms with Crippen LogP contribution in [0.1, 0.15) is 5.82 Å². The van der Waals surface area contributed by atoms with E-state index in [1.807, 2.05) is 7.05 Å². The molecule has 0 aliphatic carbocycles. The van der Waals surface area contributed by atoms with Crippen molar-refractivity contribution in [1.82, 2.24) is 30.7 Å². The van der Waals surface area contributed by atoms with Crippen LogP contribution in [-0.4, -0.2) is 52.9 Å². The van der Waals surface area contributed by atoms with Gasteiger partial charge in [0.1, 0.15) is 6.33 Å². The van der Waals surface area contributed by atoms with E-state index >= 15 is 0 Å². The van der Waals surface area contributed by atoms with Gasteiger partial charge in [-0.05, 0) is 0 Å². The highest BCUT2D eigenvalue weighted by molar-refractivity contribution is 5.82. The van der Waals surface area contributed by atoms with Crippen molar-refractivity contribution in [1.29, 1.82) is 0 Å². The summed E-state index contributed by atoms with van der Waals surface area (Å²) >= 11 is 0. The first-order valence-electron chi connectivity index (χ1n) is 5.82.